The number of amides is 1. The molecule has 0 fully saturated rings. The van der Waals surface area contributed by atoms with E-state index in [0.717, 1.165) is 5.56 Å². The first-order chi connectivity index (χ1) is 12.6. The van der Waals surface area contributed by atoms with E-state index in [2.05, 4.69) is 9.97 Å². The van der Waals surface area contributed by atoms with Crippen LogP contribution in [0.5, 0.6) is 0 Å². The average molecular weight is 353 g/mol. The number of H-pyrrole nitrogens is 1. The predicted molar refractivity (Wildman–Crippen MR) is 98.2 cm³/mol. The van der Waals surface area contributed by atoms with E-state index in [9.17, 15) is 14.0 Å². The zero-order valence-electron chi connectivity index (χ0n) is 14.5. The fraction of sp³-hybridized carbons (Fsp3) is 0.250. The first-order valence-electron chi connectivity index (χ1n) is 8.57. The maximum Gasteiger partial charge on any atom is 0.258 e. The van der Waals surface area contributed by atoms with Crippen molar-refractivity contribution < 1.29 is 9.18 Å². The molecule has 0 bridgehead atoms. The largest absolute Gasteiger partial charge is 0.339 e. The molecule has 0 unspecified atom stereocenters. The summed E-state index contributed by atoms with van der Waals surface area (Å²) < 4.78 is 13.3. The highest BCUT2D eigenvalue weighted by Crippen LogP contribution is 2.10. The van der Waals surface area contributed by atoms with E-state index in [1.165, 1.54) is 12.1 Å². The molecule has 5 nitrogen and oxygen atoms in total. The Morgan fingerprint density at radius 2 is 2.00 bits per heavy atom. The van der Waals surface area contributed by atoms with Gasteiger partial charge in [0.2, 0.25) is 5.91 Å². The van der Waals surface area contributed by atoms with E-state index in [-0.39, 0.29) is 23.7 Å². The van der Waals surface area contributed by atoms with Crippen molar-refractivity contribution in [3.63, 3.8) is 0 Å². The van der Waals surface area contributed by atoms with E-state index in [1.54, 1.807) is 35.2 Å². The zero-order chi connectivity index (χ0) is 18.5. The molecule has 1 heterocycles. The molecule has 1 N–H and O–H groups in total. The molecule has 0 saturated carbocycles. The monoisotopic (exact) mass is 353 g/mol. The molecule has 26 heavy (non-hydrogen) atoms. The normalized spacial score (nSPS) is 10.8. The number of benzene rings is 2. The van der Waals surface area contributed by atoms with Gasteiger partial charge in [-0.3, -0.25) is 9.59 Å². The van der Waals surface area contributed by atoms with Gasteiger partial charge >= 0.3 is 0 Å². The number of hydrogen-bond acceptors (Lipinski definition) is 3. The Hall–Kier alpha value is -3.02. The average Bonchev–Trinajstić information content (AvgIpc) is 2.64. The quantitative estimate of drug-likeness (QED) is 0.741. The van der Waals surface area contributed by atoms with Crippen LogP contribution in [0.25, 0.3) is 10.9 Å². The number of fused-ring (bicyclic) bond motifs is 1. The van der Waals surface area contributed by atoms with Crippen molar-refractivity contribution in [1.29, 1.82) is 0 Å². The number of carbonyl (C=O) groups excluding carboxylic acids is 1. The van der Waals surface area contributed by atoms with Crippen molar-refractivity contribution in [3.05, 3.63) is 76.1 Å². The lowest BCUT2D eigenvalue weighted by atomic mass is 10.2. The molecule has 3 rings (SSSR count). The zero-order valence-corrected chi connectivity index (χ0v) is 14.5. The van der Waals surface area contributed by atoms with Crippen LogP contribution in [-0.4, -0.2) is 27.3 Å². The topological polar surface area (TPSA) is 66.1 Å². The van der Waals surface area contributed by atoms with Crippen LogP contribution >= 0.6 is 0 Å². The van der Waals surface area contributed by atoms with Crippen LogP contribution in [0.4, 0.5) is 4.39 Å². The van der Waals surface area contributed by atoms with Gasteiger partial charge in [-0.05, 0) is 36.8 Å². The number of para-hydroxylation sites is 1. The molecule has 0 aliphatic carbocycles. The van der Waals surface area contributed by atoms with Crippen molar-refractivity contribution in [2.75, 3.05) is 6.54 Å². The smallest absolute Gasteiger partial charge is 0.258 e. The number of aromatic nitrogens is 2. The lowest BCUT2D eigenvalue weighted by Crippen LogP contribution is -2.30. The molecule has 1 amide bonds. The second-order valence-corrected chi connectivity index (χ2v) is 6.07. The van der Waals surface area contributed by atoms with Crippen LogP contribution in [0.15, 0.2) is 53.3 Å². The third-order valence-corrected chi connectivity index (χ3v) is 4.23. The molecule has 0 atom stereocenters. The van der Waals surface area contributed by atoms with Crippen molar-refractivity contribution in [2.45, 2.75) is 26.3 Å². The third-order valence-electron chi connectivity index (χ3n) is 4.23. The minimum atomic E-state index is -0.316. The van der Waals surface area contributed by atoms with Gasteiger partial charge in [0.1, 0.15) is 11.6 Å². The molecule has 0 saturated heterocycles. The summed E-state index contributed by atoms with van der Waals surface area (Å²) in [6.07, 6.45) is 0.572. The van der Waals surface area contributed by atoms with Gasteiger partial charge in [0, 0.05) is 25.9 Å². The fourth-order valence-corrected chi connectivity index (χ4v) is 2.87. The number of nitrogens with zero attached hydrogens (tertiary/aromatic N) is 2. The number of rotatable bonds is 6. The Balaban J connectivity index is 1.68. The van der Waals surface area contributed by atoms with Crippen LogP contribution in [0.1, 0.15) is 24.7 Å². The number of halogens is 1. The van der Waals surface area contributed by atoms with Crippen molar-refractivity contribution in [2.24, 2.45) is 0 Å². The summed E-state index contributed by atoms with van der Waals surface area (Å²) in [5.74, 6) is 0.111. The highest BCUT2D eigenvalue weighted by Gasteiger charge is 2.14. The molecule has 0 radical (unpaired) electrons. The van der Waals surface area contributed by atoms with E-state index >= 15 is 0 Å². The van der Waals surface area contributed by atoms with Crippen LogP contribution in [0, 0.1) is 5.82 Å². The van der Waals surface area contributed by atoms with Gasteiger partial charge in [0.15, 0.2) is 0 Å². The second kappa shape index (κ2) is 7.91. The van der Waals surface area contributed by atoms with Crippen LogP contribution in [0.3, 0.4) is 0 Å². The van der Waals surface area contributed by atoms with Gasteiger partial charge in [-0.15, -0.1) is 0 Å². The van der Waals surface area contributed by atoms with E-state index in [4.69, 9.17) is 0 Å². The van der Waals surface area contributed by atoms with Crippen molar-refractivity contribution in [1.82, 2.24) is 14.9 Å². The lowest BCUT2D eigenvalue weighted by molar-refractivity contribution is -0.131. The Morgan fingerprint density at radius 3 is 2.77 bits per heavy atom. The summed E-state index contributed by atoms with van der Waals surface area (Å²) in [6.45, 7) is 2.76. The minimum absolute atomic E-state index is 0.0624. The lowest BCUT2D eigenvalue weighted by Gasteiger charge is -2.21. The van der Waals surface area contributed by atoms with Gasteiger partial charge < -0.3 is 9.88 Å². The fourth-order valence-electron chi connectivity index (χ4n) is 2.87. The summed E-state index contributed by atoms with van der Waals surface area (Å²) in [5.41, 5.74) is 1.16. The summed E-state index contributed by atoms with van der Waals surface area (Å²) in [5, 5.41) is 0.531. The molecule has 0 aliphatic heterocycles. The number of nitrogens with one attached hydrogen (secondary N) is 1. The maximum absolute atomic E-state index is 13.3. The first-order valence-corrected chi connectivity index (χ1v) is 8.57. The Kier molecular flexibility index (Phi) is 5.41. The van der Waals surface area contributed by atoms with E-state index in [1.807, 2.05) is 13.0 Å². The standard InChI is InChI=1S/C20H20FN3O2/c1-2-24(13-14-6-5-7-15(21)12-14)19(25)11-10-18-22-17-9-4-3-8-16(17)20(26)23-18/h3-9,12H,2,10-11,13H2,1H3,(H,22,23,26). The number of aromatic amines is 1. The molecular formula is C20H20FN3O2. The number of carbonyl (C=O) groups is 1. The molecule has 1 aromatic heterocycles. The highest BCUT2D eigenvalue weighted by molar-refractivity contribution is 5.78. The molecule has 6 heteroatoms. The van der Waals surface area contributed by atoms with Gasteiger partial charge in [0.05, 0.1) is 10.9 Å². The van der Waals surface area contributed by atoms with Crippen LogP contribution < -0.4 is 5.56 Å². The number of aryl methyl sites for hydroxylation is 1. The summed E-state index contributed by atoms with van der Waals surface area (Å²) >= 11 is 0. The predicted octanol–water partition coefficient (Wildman–Crippen LogP) is 3.04. The van der Waals surface area contributed by atoms with Crippen molar-refractivity contribution >= 4 is 16.8 Å². The van der Waals surface area contributed by atoms with Crippen molar-refractivity contribution in [3.8, 4) is 0 Å². The van der Waals surface area contributed by atoms with Gasteiger partial charge in [0.25, 0.3) is 5.56 Å². The first kappa shape index (κ1) is 17.8. The number of hydrogen-bond donors (Lipinski definition) is 1. The molecule has 0 aliphatic rings. The van der Waals surface area contributed by atoms with Gasteiger partial charge in [-0.2, -0.15) is 0 Å². The Bertz CT molecular complexity index is 984. The molecular weight excluding hydrogens is 333 g/mol. The third kappa shape index (κ3) is 4.14. The molecule has 3 aromatic rings. The SMILES string of the molecule is CCN(Cc1cccc(F)c1)C(=O)CCc1nc2ccccc2c(=O)[nH]1. The summed E-state index contributed by atoms with van der Waals surface area (Å²) in [6, 6.07) is 13.3. The van der Waals surface area contributed by atoms with Gasteiger partial charge in [-0.25, -0.2) is 9.37 Å². The van der Waals surface area contributed by atoms with Crippen LogP contribution in [0.2, 0.25) is 0 Å². The molecule has 2 aromatic carbocycles. The Labute approximate surface area is 150 Å². The van der Waals surface area contributed by atoms with E-state index in [0.29, 0.717) is 36.2 Å². The Morgan fingerprint density at radius 1 is 1.19 bits per heavy atom. The summed E-state index contributed by atoms with van der Waals surface area (Å²) in [7, 11) is 0. The van der Waals surface area contributed by atoms with Crippen LogP contribution in [-0.2, 0) is 17.8 Å². The van der Waals surface area contributed by atoms with Gasteiger partial charge in [-0.1, -0.05) is 24.3 Å². The summed E-state index contributed by atoms with van der Waals surface area (Å²) in [4.78, 5) is 33.4. The maximum atomic E-state index is 13.3. The second-order valence-electron chi connectivity index (χ2n) is 6.07. The van der Waals surface area contributed by atoms with E-state index < -0.39 is 0 Å². The minimum Gasteiger partial charge on any atom is -0.339 e. The highest BCUT2D eigenvalue weighted by atomic mass is 19.1. The molecule has 134 valence electrons. The molecule has 0 spiro atoms.